The molecule has 0 bridgehead atoms. The number of carbonyl (C=O) groups excluding carboxylic acids is 1. The van der Waals surface area contributed by atoms with Crippen LogP contribution in [0.15, 0.2) is 18.3 Å². The van der Waals surface area contributed by atoms with Crippen LogP contribution in [0.1, 0.15) is 72.2 Å². The molecule has 1 fully saturated rings. The largest absolute Gasteiger partial charge is 0.346 e. The Morgan fingerprint density at radius 3 is 2.61 bits per heavy atom. The Morgan fingerprint density at radius 1 is 1.18 bits per heavy atom. The van der Waals surface area contributed by atoms with Crippen LogP contribution < -0.4 is 5.32 Å². The number of anilines is 1. The first-order chi connectivity index (χ1) is 17.8. The first-order valence-corrected chi connectivity index (χ1v) is 12.9. The molecule has 9 nitrogen and oxygen atoms in total. The van der Waals surface area contributed by atoms with Crippen LogP contribution in [-0.2, 0) is 14.3 Å². The number of aliphatic hydroxyl groups excluding tert-OH is 1. The number of hydrogen-bond donors (Lipinski definition) is 2. The lowest BCUT2D eigenvalue weighted by Gasteiger charge is -2.31. The predicted molar refractivity (Wildman–Crippen MR) is 138 cm³/mol. The number of nitrogens with one attached hydrogen (secondary N) is 1. The molecule has 206 valence electrons. The summed E-state index contributed by atoms with van der Waals surface area (Å²) in [5.41, 5.74) is 0.240. The van der Waals surface area contributed by atoms with Gasteiger partial charge in [0.2, 0.25) is 11.9 Å². The second-order valence-corrected chi connectivity index (χ2v) is 11.0. The van der Waals surface area contributed by atoms with Crippen LogP contribution in [0.2, 0.25) is 0 Å². The lowest BCUT2D eigenvalue weighted by atomic mass is 9.86. The van der Waals surface area contributed by atoms with Crippen LogP contribution >= 0.6 is 0 Å². The molecule has 1 aromatic carbocycles. The van der Waals surface area contributed by atoms with E-state index in [0.717, 1.165) is 12.6 Å². The summed E-state index contributed by atoms with van der Waals surface area (Å²) in [6, 6.07) is 2.85. The molecule has 0 saturated heterocycles. The highest BCUT2D eigenvalue weighted by molar-refractivity contribution is 5.91. The Morgan fingerprint density at radius 2 is 1.92 bits per heavy atom. The van der Waals surface area contributed by atoms with Gasteiger partial charge in [-0.15, -0.1) is 0 Å². The maximum absolute atomic E-state index is 14.9. The number of benzene rings is 1. The van der Waals surface area contributed by atoms with Crippen molar-refractivity contribution in [2.75, 3.05) is 5.32 Å². The molecular formula is C27H35F2N5O4. The molecule has 38 heavy (non-hydrogen) atoms. The number of nitrogens with zero attached hydrogens (tertiary/aromatic N) is 4. The summed E-state index contributed by atoms with van der Waals surface area (Å²) in [4.78, 5) is 25.4. The number of aryl methyl sites for hydroxylation is 1. The normalized spacial score (nSPS) is 19.2. The van der Waals surface area contributed by atoms with Crippen molar-refractivity contribution in [2.24, 2.45) is 5.92 Å². The SMILES string of the molecule is Cc1nc2c(F)cc(-c3nc(NC(=O)[C@@H]4CCC[C@H](OC(O)OC(C)(C)C)C4)ncc3F)cc2n1C(C)C. The van der Waals surface area contributed by atoms with Crippen molar-refractivity contribution in [3.63, 3.8) is 0 Å². The van der Waals surface area contributed by atoms with E-state index < -0.39 is 29.6 Å². The molecule has 1 unspecified atom stereocenters. The molecule has 2 heterocycles. The molecule has 1 aliphatic carbocycles. The number of hydrogen-bond acceptors (Lipinski definition) is 7. The molecule has 2 aromatic heterocycles. The van der Waals surface area contributed by atoms with Gasteiger partial charge in [0, 0.05) is 17.5 Å². The van der Waals surface area contributed by atoms with Gasteiger partial charge in [0.15, 0.2) is 11.6 Å². The molecule has 0 radical (unpaired) electrons. The van der Waals surface area contributed by atoms with E-state index in [1.807, 2.05) is 18.4 Å². The highest BCUT2D eigenvalue weighted by atomic mass is 19.1. The minimum absolute atomic E-state index is 0.0178. The van der Waals surface area contributed by atoms with Gasteiger partial charge in [-0.3, -0.25) is 10.1 Å². The summed E-state index contributed by atoms with van der Waals surface area (Å²) < 4.78 is 42.6. The standard InChI is InChI=1S/C27H35F2N5O4/c1-14(2)34-15(3)31-23-19(28)11-17(12-21(23)34)22-20(29)13-30-25(32-22)33-24(35)16-8-7-9-18(10-16)37-26(36)38-27(4,5)6/h11-14,16,18,26,36H,7-10H2,1-6H3,(H,30,32,33,35)/t16-,18+,26?/m1/s1. The fourth-order valence-electron chi connectivity index (χ4n) is 4.90. The van der Waals surface area contributed by atoms with Crippen molar-refractivity contribution in [3.8, 4) is 11.3 Å². The van der Waals surface area contributed by atoms with Crippen molar-refractivity contribution < 1.29 is 28.2 Å². The quantitative estimate of drug-likeness (QED) is 0.400. The second kappa shape index (κ2) is 11.0. The molecule has 3 aromatic rings. The lowest BCUT2D eigenvalue weighted by Crippen LogP contribution is -2.36. The Bertz CT molecular complexity index is 1320. The van der Waals surface area contributed by atoms with Crippen molar-refractivity contribution in [1.82, 2.24) is 19.5 Å². The Kier molecular flexibility index (Phi) is 8.10. The fraction of sp³-hybridized carbons (Fsp3) is 0.556. The molecule has 11 heteroatoms. The molecule has 2 N–H and O–H groups in total. The van der Waals surface area contributed by atoms with Crippen LogP contribution in [0.4, 0.5) is 14.7 Å². The summed E-state index contributed by atoms with van der Waals surface area (Å²) >= 11 is 0. The Balaban J connectivity index is 1.52. The van der Waals surface area contributed by atoms with Crippen LogP contribution in [-0.4, -0.2) is 48.7 Å². The monoisotopic (exact) mass is 531 g/mol. The fourth-order valence-corrected chi connectivity index (χ4v) is 4.90. The number of rotatable bonds is 7. The van der Waals surface area contributed by atoms with Gasteiger partial charge in [-0.25, -0.2) is 23.7 Å². The Hall–Kier alpha value is -3.02. The van der Waals surface area contributed by atoms with E-state index in [2.05, 4.69) is 20.3 Å². The first-order valence-electron chi connectivity index (χ1n) is 12.9. The number of aliphatic hydroxyl groups is 1. The molecule has 4 rings (SSSR count). The zero-order valence-corrected chi connectivity index (χ0v) is 22.6. The number of halogens is 2. The third-order valence-electron chi connectivity index (χ3n) is 6.45. The molecule has 0 aliphatic heterocycles. The average Bonchev–Trinajstić information content (AvgIpc) is 3.15. The minimum atomic E-state index is -1.39. The second-order valence-electron chi connectivity index (χ2n) is 11.0. The smallest absolute Gasteiger partial charge is 0.269 e. The summed E-state index contributed by atoms with van der Waals surface area (Å²) in [7, 11) is 0. The van der Waals surface area contributed by atoms with Crippen molar-refractivity contribution in [3.05, 3.63) is 35.8 Å². The summed E-state index contributed by atoms with van der Waals surface area (Å²) in [6.07, 6.45) is 3.01. The van der Waals surface area contributed by atoms with Crippen molar-refractivity contribution in [1.29, 1.82) is 0 Å². The highest BCUT2D eigenvalue weighted by Crippen LogP contribution is 2.31. The van der Waals surface area contributed by atoms with E-state index in [1.54, 1.807) is 33.8 Å². The van der Waals surface area contributed by atoms with Gasteiger partial charge in [-0.1, -0.05) is 6.42 Å². The van der Waals surface area contributed by atoms with Gasteiger partial charge in [0.05, 0.1) is 23.4 Å². The maximum atomic E-state index is 14.9. The van der Waals surface area contributed by atoms with Crippen LogP contribution in [0.3, 0.4) is 0 Å². The van der Waals surface area contributed by atoms with Gasteiger partial charge < -0.3 is 19.1 Å². The molecule has 1 saturated carbocycles. The van der Waals surface area contributed by atoms with Crippen LogP contribution in [0, 0.1) is 24.5 Å². The molecule has 3 atom stereocenters. The van der Waals surface area contributed by atoms with E-state index in [0.29, 0.717) is 30.6 Å². The maximum Gasteiger partial charge on any atom is 0.269 e. The topological polar surface area (TPSA) is 111 Å². The molecule has 0 spiro atoms. The van der Waals surface area contributed by atoms with Crippen molar-refractivity contribution >= 4 is 22.9 Å². The van der Waals surface area contributed by atoms with E-state index in [1.165, 1.54) is 6.07 Å². The zero-order valence-electron chi connectivity index (χ0n) is 22.6. The summed E-state index contributed by atoms with van der Waals surface area (Å²) in [5.74, 6) is -1.52. The van der Waals surface area contributed by atoms with Gasteiger partial charge >= 0.3 is 0 Å². The van der Waals surface area contributed by atoms with Gasteiger partial charge in [-0.05, 0) is 72.9 Å². The average molecular weight is 532 g/mol. The number of carbonyl (C=O) groups is 1. The third-order valence-corrected chi connectivity index (χ3v) is 6.45. The Labute approximate surface area is 220 Å². The highest BCUT2D eigenvalue weighted by Gasteiger charge is 2.31. The van der Waals surface area contributed by atoms with E-state index in [4.69, 9.17) is 9.47 Å². The third kappa shape index (κ3) is 6.33. The van der Waals surface area contributed by atoms with Gasteiger partial charge in [0.1, 0.15) is 17.0 Å². The lowest BCUT2D eigenvalue weighted by molar-refractivity contribution is -0.316. The van der Waals surface area contributed by atoms with Crippen LogP contribution in [0.5, 0.6) is 0 Å². The molecule has 1 amide bonds. The van der Waals surface area contributed by atoms with E-state index in [9.17, 15) is 18.7 Å². The van der Waals surface area contributed by atoms with Crippen LogP contribution in [0.25, 0.3) is 22.3 Å². The number of ether oxygens (including phenoxy) is 2. The van der Waals surface area contributed by atoms with E-state index in [-0.39, 0.29) is 40.8 Å². The zero-order chi connectivity index (χ0) is 27.8. The molecular weight excluding hydrogens is 496 g/mol. The summed E-state index contributed by atoms with van der Waals surface area (Å²) in [6.45, 7) is 9.73. The number of imidazole rings is 1. The summed E-state index contributed by atoms with van der Waals surface area (Å²) in [5, 5.41) is 12.7. The number of aromatic nitrogens is 4. The minimum Gasteiger partial charge on any atom is -0.346 e. The number of amides is 1. The van der Waals surface area contributed by atoms with Gasteiger partial charge in [0.25, 0.3) is 6.48 Å². The van der Waals surface area contributed by atoms with E-state index >= 15 is 0 Å². The van der Waals surface area contributed by atoms with Gasteiger partial charge in [-0.2, -0.15) is 0 Å². The predicted octanol–water partition coefficient (Wildman–Crippen LogP) is 5.27. The number of fused-ring (bicyclic) bond motifs is 1. The first kappa shape index (κ1) is 28.0. The van der Waals surface area contributed by atoms with Crippen molar-refractivity contribution in [2.45, 2.75) is 91.4 Å². The molecule has 1 aliphatic rings.